The Kier molecular flexibility index (Phi) is 6.85. The number of thioether (sulfide) groups is 1. The van der Waals surface area contributed by atoms with Gasteiger partial charge in [0.25, 0.3) is 5.91 Å². The van der Waals surface area contributed by atoms with Gasteiger partial charge < -0.3 is 15.4 Å². The highest BCUT2D eigenvalue weighted by molar-refractivity contribution is 8.05. The summed E-state index contributed by atoms with van der Waals surface area (Å²) in [5, 5.41) is 7.00. The van der Waals surface area contributed by atoms with Gasteiger partial charge in [-0.05, 0) is 54.0 Å². The summed E-state index contributed by atoms with van der Waals surface area (Å²) in [5.41, 5.74) is 3.96. The van der Waals surface area contributed by atoms with Crippen molar-refractivity contribution in [3.63, 3.8) is 0 Å². The second-order valence-electron chi connectivity index (χ2n) is 7.12. The molecule has 1 atom stereocenters. The lowest BCUT2D eigenvalue weighted by Gasteiger charge is -2.12. The molecule has 2 N–H and O–H groups in total. The second kappa shape index (κ2) is 9.94. The van der Waals surface area contributed by atoms with Crippen molar-refractivity contribution in [3.8, 4) is 5.75 Å². The summed E-state index contributed by atoms with van der Waals surface area (Å²) >= 11 is 7.64. The molecule has 158 valence electrons. The van der Waals surface area contributed by atoms with Gasteiger partial charge in [0, 0.05) is 16.3 Å². The lowest BCUT2D eigenvalue weighted by atomic mass is 10.1. The number of rotatable bonds is 7. The summed E-state index contributed by atoms with van der Waals surface area (Å²) in [4.78, 5) is 13.0. The van der Waals surface area contributed by atoms with Crippen LogP contribution < -0.4 is 15.4 Å². The summed E-state index contributed by atoms with van der Waals surface area (Å²) in [6, 6.07) is 23.5. The number of ether oxygens (including phenoxy) is 1. The van der Waals surface area contributed by atoms with E-state index < -0.39 is 0 Å². The molecule has 1 saturated heterocycles. The van der Waals surface area contributed by atoms with E-state index in [-0.39, 0.29) is 11.4 Å². The molecule has 0 aromatic heterocycles. The summed E-state index contributed by atoms with van der Waals surface area (Å²) in [6.07, 6.45) is 2.89. The molecule has 3 aromatic carbocycles. The average Bonchev–Trinajstić information content (AvgIpc) is 3.13. The third-order valence-electron chi connectivity index (χ3n) is 4.92. The molecule has 3 aromatic rings. The van der Waals surface area contributed by atoms with Crippen molar-refractivity contribution in [3.05, 3.63) is 99.4 Å². The summed E-state index contributed by atoms with van der Waals surface area (Å²) in [5.74, 6) is 0.674. The molecular formula is C25H23ClN2O2S. The van der Waals surface area contributed by atoms with Gasteiger partial charge in [-0.25, -0.2) is 0 Å². The highest BCUT2D eigenvalue weighted by Crippen LogP contribution is 2.30. The van der Waals surface area contributed by atoms with Crippen LogP contribution in [-0.2, 0) is 17.8 Å². The van der Waals surface area contributed by atoms with Gasteiger partial charge in [-0.2, -0.15) is 0 Å². The molecule has 4 rings (SSSR count). The van der Waals surface area contributed by atoms with Crippen molar-refractivity contribution in [1.29, 1.82) is 0 Å². The minimum atomic E-state index is -0.190. The first kappa shape index (κ1) is 21.3. The van der Waals surface area contributed by atoms with E-state index in [1.807, 2.05) is 66.7 Å². The Balaban J connectivity index is 1.35. The van der Waals surface area contributed by atoms with Gasteiger partial charge in [0.1, 0.15) is 12.4 Å². The Labute approximate surface area is 191 Å². The molecule has 0 spiro atoms. The number of benzene rings is 3. The van der Waals surface area contributed by atoms with Crippen LogP contribution in [0.25, 0.3) is 6.08 Å². The standard InChI is InChI=1S/C25H23ClN2O2S/c1-2-17-7-11-20(12-8-17)27-25-28-24(29)23(31-25)15-18-9-13-21(14-10-18)30-16-19-5-3-4-6-22(19)26/h3-15,25,27H,2,16H2,1H3,(H,28,29)/b23-15-/t25-/m0/s1. The Morgan fingerprint density at radius 3 is 2.52 bits per heavy atom. The summed E-state index contributed by atoms with van der Waals surface area (Å²) in [7, 11) is 0. The molecule has 1 heterocycles. The zero-order chi connectivity index (χ0) is 21.6. The zero-order valence-electron chi connectivity index (χ0n) is 17.1. The smallest absolute Gasteiger partial charge is 0.260 e. The van der Waals surface area contributed by atoms with E-state index in [9.17, 15) is 4.79 Å². The first-order chi connectivity index (χ1) is 15.1. The van der Waals surface area contributed by atoms with Gasteiger partial charge >= 0.3 is 0 Å². The van der Waals surface area contributed by atoms with Gasteiger partial charge in [0.05, 0.1) is 4.91 Å². The number of hydrogen-bond donors (Lipinski definition) is 2. The van der Waals surface area contributed by atoms with Crippen molar-refractivity contribution in [1.82, 2.24) is 5.32 Å². The fourth-order valence-electron chi connectivity index (χ4n) is 3.14. The van der Waals surface area contributed by atoms with Gasteiger partial charge in [-0.1, -0.05) is 72.8 Å². The fourth-order valence-corrected chi connectivity index (χ4v) is 4.32. The van der Waals surface area contributed by atoms with E-state index in [1.165, 1.54) is 17.3 Å². The van der Waals surface area contributed by atoms with Crippen LogP contribution >= 0.6 is 23.4 Å². The lowest BCUT2D eigenvalue weighted by molar-refractivity contribution is -0.116. The molecule has 0 radical (unpaired) electrons. The molecule has 0 unspecified atom stereocenters. The van der Waals surface area contributed by atoms with Crippen LogP contribution in [0.1, 0.15) is 23.6 Å². The third-order valence-corrected chi connectivity index (χ3v) is 6.32. The Morgan fingerprint density at radius 2 is 1.81 bits per heavy atom. The molecule has 1 aliphatic heterocycles. The monoisotopic (exact) mass is 450 g/mol. The SMILES string of the molecule is CCc1ccc(N[C@H]2NC(=O)/C(=C/c3ccc(OCc4ccccc4Cl)cc3)S2)cc1. The molecule has 31 heavy (non-hydrogen) atoms. The molecule has 4 nitrogen and oxygen atoms in total. The molecule has 1 aliphatic rings. The maximum atomic E-state index is 12.4. The molecular weight excluding hydrogens is 428 g/mol. The van der Waals surface area contributed by atoms with Crippen molar-refractivity contribution >= 4 is 41.0 Å². The highest BCUT2D eigenvalue weighted by atomic mass is 35.5. The molecule has 0 aliphatic carbocycles. The first-order valence-electron chi connectivity index (χ1n) is 10.1. The number of nitrogens with one attached hydrogen (secondary N) is 2. The first-order valence-corrected chi connectivity index (χ1v) is 11.4. The molecule has 6 heteroatoms. The quantitative estimate of drug-likeness (QED) is 0.428. The van der Waals surface area contributed by atoms with Crippen molar-refractivity contribution in [2.24, 2.45) is 0 Å². The summed E-state index contributed by atoms with van der Waals surface area (Å²) in [6.45, 7) is 2.54. The average molecular weight is 451 g/mol. The minimum Gasteiger partial charge on any atom is -0.489 e. The topological polar surface area (TPSA) is 50.4 Å². The van der Waals surface area contributed by atoms with E-state index in [0.717, 1.165) is 29.0 Å². The Hall–Kier alpha value is -2.89. The van der Waals surface area contributed by atoms with Crippen molar-refractivity contribution in [2.45, 2.75) is 25.4 Å². The van der Waals surface area contributed by atoms with Gasteiger partial charge in [-0.15, -0.1) is 0 Å². The zero-order valence-corrected chi connectivity index (χ0v) is 18.7. The van der Waals surface area contributed by atoms with E-state index in [1.54, 1.807) is 0 Å². The maximum absolute atomic E-state index is 12.4. The van der Waals surface area contributed by atoms with Crippen molar-refractivity contribution < 1.29 is 9.53 Å². The Bertz CT molecular complexity index is 1080. The number of amides is 1. The third kappa shape index (κ3) is 5.63. The van der Waals surface area contributed by atoms with Gasteiger partial charge in [0.15, 0.2) is 5.50 Å². The highest BCUT2D eigenvalue weighted by Gasteiger charge is 2.27. The predicted octanol–water partition coefficient (Wildman–Crippen LogP) is 6.08. The van der Waals surface area contributed by atoms with Crippen LogP contribution in [0.5, 0.6) is 5.75 Å². The van der Waals surface area contributed by atoms with E-state index >= 15 is 0 Å². The largest absolute Gasteiger partial charge is 0.489 e. The predicted molar refractivity (Wildman–Crippen MR) is 129 cm³/mol. The van der Waals surface area contributed by atoms with Crippen LogP contribution in [0.2, 0.25) is 5.02 Å². The van der Waals surface area contributed by atoms with Gasteiger partial charge in [0.2, 0.25) is 0 Å². The molecule has 1 fully saturated rings. The number of carbonyl (C=O) groups excluding carboxylic acids is 1. The molecule has 1 amide bonds. The number of aryl methyl sites for hydroxylation is 1. The maximum Gasteiger partial charge on any atom is 0.260 e. The van der Waals surface area contributed by atoms with Crippen LogP contribution in [0.4, 0.5) is 5.69 Å². The lowest BCUT2D eigenvalue weighted by Crippen LogP contribution is -2.30. The number of carbonyl (C=O) groups is 1. The van der Waals surface area contributed by atoms with Crippen LogP contribution in [0.3, 0.4) is 0 Å². The minimum absolute atomic E-state index is 0.0771. The number of anilines is 1. The van der Waals surface area contributed by atoms with Crippen LogP contribution in [0.15, 0.2) is 77.7 Å². The molecule has 0 bridgehead atoms. The van der Waals surface area contributed by atoms with Crippen molar-refractivity contribution in [2.75, 3.05) is 5.32 Å². The number of hydrogen-bond acceptors (Lipinski definition) is 4. The Morgan fingerprint density at radius 1 is 1.06 bits per heavy atom. The summed E-state index contributed by atoms with van der Waals surface area (Å²) < 4.78 is 5.82. The number of halogens is 1. The van der Waals surface area contributed by atoms with Crippen LogP contribution in [-0.4, -0.2) is 11.4 Å². The van der Waals surface area contributed by atoms with E-state index in [2.05, 4.69) is 29.7 Å². The van der Waals surface area contributed by atoms with Gasteiger partial charge in [-0.3, -0.25) is 4.79 Å². The molecule has 0 saturated carbocycles. The van der Waals surface area contributed by atoms with E-state index in [4.69, 9.17) is 16.3 Å². The van der Waals surface area contributed by atoms with E-state index in [0.29, 0.717) is 16.5 Å². The van der Waals surface area contributed by atoms with Crippen LogP contribution in [0, 0.1) is 0 Å². The fraction of sp³-hybridized carbons (Fsp3) is 0.160. The normalized spacial score (nSPS) is 16.9. The second-order valence-corrected chi connectivity index (χ2v) is 8.68.